The molecular weight excluding hydrogens is 705 g/mol. The summed E-state index contributed by atoms with van der Waals surface area (Å²) in [5.74, 6) is -1.27. The van der Waals surface area contributed by atoms with Crippen LogP contribution in [0.1, 0.15) is 57.6 Å². The minimum Gasteiger partial charge on any atom is -0.508 e. The molecule has 0 fully saturated rings. The molecule has 2 aromatic rings. The van der Waals surface area contributed by atoms with Gasteiger partial charge in [0.05, 0.1) is 12.1 Å². The Labute approximate surface area is 314 Å². The number of hydrogen-bond donors (Lipinski definition) is 8. The van der Waals surface area contributed by atoms with Gasteiger partial charge in [0.15, 0.2) is 5.96 Å². The normalized spacial score (nSPS) is 13.9. The van der Waals surface area contributed by atoms with E-state index in [9.17, 15) is 29.1 Å². The number of amides is 4. The number of thioether (sulfide) groups is 2. The number of benzene rings is 2. The summed E-state index contributed by atoms with van der Waals surface area (Å²) in [5, 5.41) is 20.4. The van der Waals surface area contributed by atoms with Crippen LogP contribution in [0, 0.1) is 5.92 Å². The number of carbonyl (C=O) groups is 5. The zero-order valence-electron chi connectivity index (χ0n) is 30.3. The van der Waals surface area contributed by atoms with Crippen molar-refractivity contribution in [2.75, 3.05) is 18.6 Å². The van der Waals surface area contributed by atoms with Crippen molar-refractivity contribution in [1.29, 1.82) is 0 Å². The second-order valence-corrected chi connectivity index (χ2v) is 14.8. The second kappa shape index (κ2) is 23.3. The Morgan fingerprint density at radius 1 is 0.769 bits per heavy atom. The summed E-state index contributed by atoms with van der Waals surface area (Å²) in [4.78, 5) is 70.8. The van der Waals surface area contributed by atoms with Crippen molar-refractivity contribution in [3.8, 4) is 5.75 Å². The number of carbonyl (C=O) groups excluding carboxylic acids is 5. The van der Waals surface area contributed by atoms with Crippen molar-refractivity contribution in [3.05, 3.63) is 65.7 Å². The van der Waals surface area contributed by atoms with Crippen LogP contribution in [0.25, 0.3) is 0 Å². The predicted octanol–water partition coefficient (Wildman–Crippen LogP) is 1.53. The van der Waals surface area contributed by atoms with E-state index in [1.54, 1.807) is 23.9 Å². The molecule has 0 unspecified atom stereocenters. The molecule has 14 nitrogen and oxygen atoms in total. The van der Waals surface area contributed by atoms with Crippen molar-refractivity contribution in [2.24, 2.45) is 28.1 Å². The van der Waals surface area contributed by atoms with Gasteiger partial charge in [-0.2, -0.15) is 11.8 Å². The monoisotopic (exact) mass is 758 g/mol. The zero-order valence-corrected chi connectivity index (χ0v) is 31.9. The van der Waals surface area contributed by atoms with Crippen LogP contribution in [0.4, 0.5) is 0 Å². The molecule has 2 rings (SSSR count). The molecule has 2 aromatic carbocycles. The number of phenolic OH excluding ortho intramolecular Hbond substituents is 1. The van der Waals surface area contributed by atoms with E-state index in [1.807, 2.05) is 50.4 Å². The van der Waals surface area contributed by atoms with Crippen molar-refractivity contribution < 1.29 is 29.1 Å². The summed E-state index contributed by atoms with van der Waals surface area (Å²) in [6.07, 6.45) is 3.15. The van der Waals surface area contributed by atoms with Gasteiger partial charge in [-0.3, -0.25) is 29.0 Å². The first kappa shape index (κ1) is 43.9. The number of guanidine groups is 1. The summed E-state index contributed by atoms with van der Waals surface area (Å²) >= 11 is 2.66. The van der Waals surface area contributed by atoms with Crippen LogP contribution in [-0.2, 0) is 36.1 Å². The average Bonchev–Trinajstić information content (AvgIpc) is 3.10. The number of rotatable bonds is 22. The summed E-state index contributed by atoms with van der Waals surface area (Å²) in [5.41, 5.74) is 18.6. The SMILES string of the molecule is CSCC[C@H](NC(=O)[C@H](C)NC(=O)[C@H](CCCN=C(N)N)NC(=O)[C@H](Cc1ccc(O)cc1)NC(=O)[C@@H](N)CC(C)C)C(=O)SCc1ccccc1. The second-order valence-electron chi connectivity index (χ2n) is 12.8. The molecule has 286 valence electrons. The van der Waals surface area contributed by atoms with Gasteiger partial charge in [0.25, 0.3) is 0 Å². The largest absolute Gasteiger partial charge is 0.508 e. The highest BCUT2D eigenvalue weighted by atomic mass is 32.2. The van der Waals surface area contributed by atoms with E-state index in [4.69, 9.17) is 17.2 Å². The topological polar surface area (TPSA) is 244 Å². The van der Waals surface area contributed by atoms with Gasteiger partial charge in [-0.05, 0) is 73.8 Å². The maximum absolute atomic E-state index is 13.8. The molecule has 0 saturated carbocycles. The Bertz CT molecular complexity index is 1470. The summed E-state index contributed by atoms with van der Waals surface area (Å²) in [7, 11) is 0. The molecule has 0 aliphatic heterocycles. The van der Waals surface area contributed by atoms with Gasteiger partial charge in [0.2, 0.25) is 28.7 Å². The van der Waals surface area contributed by atoms with Crippen LogP contribution in [-0.4, -0.2) is 88.6 Å². The van der Waals surface area contributed by atoms with Crippen molar-refractivity contribution in [2.45, 2.75) is 88.8 Å². The third-order valence-corrected chi connectivity index (χ3v) is 9.53. The highest BCUT2D eigenvalue weighted by Gasteiger charge is 2.31. The molecule has 0 radical (unpaired) electrons. The van der Waals surface area contributed by atoms with Crippen LogP contribution in [0.15, 0.2) is 59.6 Å². The van der Waals surface area contributed by atoms with Crippen molar-refractivity contribution in [1.82, 2.24) is 21.3 Å². The molecule has 0 heterocycles. The van der Waals surface area contributed by atoms with Gasteiger partial charge in [-0.1, -0.05) is 68.1 Å². The van der Waals surface area contributed by atoms with Crippen LogP contribution in [0.5, 0.6) is 5.75 Å². The molecule has 4 amide bonds. The molecule has 16 heteroatoms. The molecular formula is C36H54N8O6S2. The lowest BCUT2D eigenvalue weighted by Gasteiger charge is -2.26. The van der Waals surface area contributed by atoms with Gasteiger partial charge in [0.1, 0.15) is 23.9 Å². The molecule has 0 aromatic heterocycles. The van der Waals surface area contributed by atoms with E-state index in [-0.39, 0.29) is 42.1 Å². The maximum Gasteiger partial charge on any atom is 0.243 e. The van der Waals surface area contributed by atoms with E-state index in [2.05, 4.69) is 26.3 Å². The molecule has 0 aliphatic carbocycles. The van der Waals surface area contributed by atoms with E-state index in [1.165, 1.54) is 19.1 Å². The van der Waals surface area contributed by atoms with Gasteiger partial charge >= 0.3 is 0 Å². The molecule has 0 saturated heterocycles. The highest BCUT2D eigenvalue weighted by Crippen LogP contribution is 2.17. The lowest BCUT2D eigenvalue weighted by atomic mass is 10.0. The molecule has 5 atom stereocenters. The standard InChI is InChI=1S/C36H54N8O6S2/c1-22(2)19-27(37)32(47)44-30(20-24-12-14-26(45)15-13-24)34(49)42-28(11-8-17-40-36(38)39)33(48)41-23(3)31(46)43-29(16-18-51-4)35(50)52-21-25-9-6-5-7-10-25/h5-7,9-10,12-15,22-23,27-30,45H,8,11,16-21,37H2,1-4H3,(H,41,48)(H,42,49)(H,43,46)(H,44,47)(H4,38,39,40)/t23-,27-,28-,29-,30-/m0/s1. The minimum absolute atomic E-state index is 0.0364. The third-order valence-electron chi connectivity index (χ3n) is 7.84. The van der Waals surface area contributed by atoms with Crippen molar-refractivity contribution >= 4 is 58.2 Å². The summed E-state index contributed by atoms with van der Waals surface area (Å²) in [6.45, 7) is 5.51. The number of nitrogens with one attached hydrogen (secondary N) is 4. The minimum atomic E-state index is -1.14. The Balaban J connectivity index is 2.21. The van der Waals surface area contributed by atoms with Crippen LogP contribution in [0.3, 0.4) is 0 Å². The van der Waals surface area contributed by atoms with Gasteiger partial charge < -0.3 is 43.6 Å². The summed E-state index contributed by atoms with van der Waals surface area (Å²) in [6, 6.07) is 10.7. The number of phenols is 1. The van der Waals surface area contributed by atoms with Crippen LogP contribution < -0.4 is 38.5 Å². The van der Waals surface area contributed by atoms with Gasteiger partial charge in [0, 0.05) is 18.7 Å². The molecule has 0 spiro atoms. The zero-order chi connectivity index (χ0) is 38.6. The fourth-order valence-electron chi connectivity index (χ4n) is 5.01. The predicted molar refractivity (Wildman–Crippen MR) is 208 cm³/mol. The third kappa shape index (κ3) is 16.8. The Hall–Kier alpha value is -4.28. The fraction of sp³-hybridized carbons (Fsp3) is 0.500. The van der Waals surface area contributed by atoms with Crippen LogP contribution in [0.2, 0.25) is 0 Å². The van der Waals surface area contributed by atoms with E-state index in [0.717, 1.165) is 17.3 Å². The number of nitrogens with two attached hydrogens (primary N) is 3. The quantitative estimate of drug-likeness (QED) is 0.0486. The molecule has 11 N–H and O–H groups in total. The highest BCUT2D eigenvalue weighted by molar-refractivity contribution is 8.13. The number of aliphatic imine (C=N–C) groups is 1. The Kier molecular flexibility index (Phi) is 19.7. The first-order valence-electron chi connectivity index (χ1n) is 17.2. The maximum atomic E-state index is 13.8. The number of nitrogens with zero attached hydrogens (tertiary/aromatic N) is 1. The molecule has 52 heavy (non-hydrogen) atoms. The number of hydrogen-bond acceptors (Lipinski definition) is 10. The lowest BCUT2D eigenvalue weighted by Crippen LogP contribution is -2.58. The first-order chi connectivity index (χ1) is 24.7. The first-order valence-corrected chi connectivity index (χ1v) is 19.6. The average molecular weight is 759 g/mol. The summed E-state index contributed by atoms with van der Waals surface area (Å²) < 4.78 is 0. The Morgan fingerprint density at radius 2 is 1.38 bits per heavy atom. The lowest BCUT2D eigenvalue weighted by molar-refractivity contribution is -0.134. The smallest absolute Gasteiger partial charge is 0.243 e. The fourth-order valence-corrected chi connectivity index (χ4v) is 6.36. The van der Waals surface area contributed by atoms with E-state index < -0.39 is 53.8 Å². The molecule has 0 aliphatic rings. The Morgan fingerprint density at radius 3 is 2.00 bits per heavy atom. The molecule has 0 bridgehead atoms. The van der Waals surface area contributed by atoms with E-state index >= 15 is 0 Å². The van der Waals surface area contributed by atoms with Crippen LogP contribution >= 0.6 is 23.5 Å². The van der Waals surface area contributed by atoms with Gasteiger partial charge in [-0.15, -0.1) is 0 Å². The van der Waals surface area contributed by atoms with Crippen molar-refractivity contribution in [3.63, 3.8) is 0 Å². The van der Waals surface area contributed by atoms with E-state index in [0.29, 0.717) is 36.3 Å². The van der Waals surface area contributed by atoms with Gasteiger partial charge in [-0.25, -0.2) is 0 Å². The number of aromatic hydroxyl groups is 1.